The summed E-state index contributed by atoms with van der Waals surface area (Å²) in [5.41, 5.74) is -3.51. The van der Waals surface area contributed by atoms with Crippen LogP contribution in [-0.4, -0.2) is 28.5 Å². The van der Waals surface area contributed by atoms with E-state index >= 15 is 0 Å². The quantitative estimate of drug-likeness (QED) is 0.243. The van der Waals surface area contributed by atoms with Crippen molar-refractivity contribution in [2.75, 3.05) is 0 Å². The number of carbonyl (C=O) groups excluding carboxylic acids is 2. The van der Waals surface area contributed by atoms with Crippen molar-refractivity contribution in [2.45, 2.75) is 81.7 Å². The second-order valence-corrected chi connectivity index (χ2v) is 11.4. The van der Waals surface area contributed by atoms with Gasteiger partial charge in [-0.25, -0.2) is 14.1 Å². The number of carbonyl (C=O) groups is 2. The van der Waals surface area contributed by atoms with E-state index in [-0.39, 0.29) is 37.5 Å². The van der Waals surface area contributed by atoms with E-state index in [1.165, 1.54) is 31.2 Å². The molecular weight excluding hydrogens is 607 g/mol. The largest absolute Gasteiger partial charge is 0.444 e. The van der Waals surface area contributed by atoms with Crippen molar-refractivity contribution in [2.24, 2.45) is 0 Å². The molecule has 0 radical (unpaired) electrons. The Balaban J connectivity index is 1.55. The smallest absolute Gasteiger partial charge is 0.417 e. The number of rotatable bonds is 7. The first-order valence-electron chi connectivity index (χ1n) is 14.4. The Hall–Kier alpha value is -3.93. The number of hydrogen-bond donors (Lipinski definition) is 0. The van der Waals surface area contributed by atoms with Crippen LogP contribution in [0.4, 0.5) is 35.5 Å². The molecule has 3 aromatic rings. The molecule has 1 saturated carbocycles. The molecule has 12 heteroatoms. The number of halogens is 7. The number of likely N-dealkylation sites (tertiary alicyclic amines) is 1. The number of alkyl halides is 6. The van der Waals surface area contributed by atoms with Gasteiger partial charge >= 0.3 is 18.4 Å². The van der Waals surface area contributed by atoms with Crippen LogP contribution in [0.2, 0.25) is 0 Å². The maximum absolute atomic E-state index is 13.9. The molecule has 240 valence electrons. The first-order chi connectivity index (χ1) is 21.2. The van der Waals surface area contributed by atoms with Gasteiger partial charge in [0.15, 0.2) is 0 Å². The fourth-order valence-corrected chi connectivity index (χ4v) is 6.54. The molecule has 1 heterocycles. The van der Waals surface area contributed by atoms with Gasteiger partial charge in [0, 0.05) is 12.3 Å². The van der Waals surface area contributed by atoms with Gasteiger partial charge < -0.3 is 9.47 Å². The van der Waals surface area contributed by atoms with Gasteiger partial charge in [-0.3, -0.25) is 4.79 Å². The molecule has 1 aliphatic heterocycles. The van der Waals surface area contributed by atoms with Crippen LogP contribution < -0.4 is 0 Å². The van der Waals surface area contributed by atoms with Crippen LogP contribution in [0.5, 0.6) is 0 Å². The summed E-state index contributed by atoms with van der Waals surface area (Å²) in [5.74, 6) is -1.63. The van der Waals surface area contributed by atoms with Crippen molar-refractivity contribution in [3.63, 3.8) is 0 Å². The van der Waals surface area contributed by atoms with Gasteiger partial charge in [-0.05, 0) is 79.6 Å². The van der Waals surface area contributed by atoms with Crippen molar-refractivity contribution in [1.29, 1.82) is 0 Å². The Morgan fingerprint density at radius 1 is 0.933 bits per heavy atom. The average molecular weight is 638 g/mol. The predicted octanol–water partition coefficient (Wildman–Crippen LogP) is 8.98. The van der Waals surface area contributed by atoms with Gasteiger partial charge in [-0.1, -0.05) is 42.5 Å². The summed E-state index contributed by atoms with van der Waals surface area (Å²) in [6, 6.07) is 14.6. The maximum atomic E-state index is 13.9. The van der Waals surface area contributed by atoms with Gasteiger partial charge in [-0.2, -0.15) is 26.3 Å². The average Bonchev–Trinajstić information content (AvgIpc) is 3.60. The van der Waals surface area contributed by atoms with Crippen molar-refractivity contribution in [3.05, 3.63) is 106 Å². The number of benzene rings is 3. The Bertz CT molecular complexity index is 1490. The standard InChI is InChI=1S/C33H30F7NO4/c1-20(23-16-24(32(35,36)37)18-25(17-23)33(38,39)40)45-31(15-5-8-27(31)22-9-11-26(34)12-10-22)28-13-14-29(42)41(28)30(43)44-19-21-6-3-2-4-7-21/h2-4,6-7,9-12,16-18,20,27-28H,5,8,13-15,19H2,1H3/t20-,27-,28-,31-/m1/s1. The molecule has 5 nitrogen and oxygen atoms in total. The number of amides is 2. The van der Waals surface area contributed by atoms with Crippen LogP contribution in [-0.2, 0) is 33.2 Å². The highest BCUT2D eigenvalue weighted by Gasteiger charge is 2.57. The van der Waals surface area contributed by atoms with E-state index < -0.39 is 65.0 Å². The molecule has 1 aliphatic carbocycles. The summed E-state index contributed by atoms with van der Waals surface area (Å²) >= 11 is 0. The van der Waals surface area contributed by atoms with Gasteiger partial charge in [0.1, 0.15) is 12.4 Å². The van der Waals surface area contributed by atoms with Crippen LogP contribution in [0, 0.1) is 5.82 Å². The topological polar surface area (TPSA) is 55.8 Å². The fraction of sp³-hybridized carbons (Fsp3) is 0.394. The zero-order valence-electron chi connectivity index (χ0n) is 24.1. The fourth-order valence-electron chi connectivity index (χ4n) is 6.54. The molecular formula is C33H30F7NO4. The van der Waals surface area contributed by atoms with Gasteiger partial charge in [-0.15, -0.1) is 0 Å². The number of imide groups is 1. The Labute approximate surface area is 254 Å². The van der Waals surface area contributed by atoms with Crippen LogP contribution in [0.1, 0.15) is 78.9 Å². The lowest BCUT2D eigenvalue weighted by molar-refractivity contribution is -0.149. The molecule has 2 aliphatic rings. The van der Waals surface area contributed by atoms with E-state index in [1.807, 2.05) is 0 Å². The lowest BCUT2D eigenvalue weighted by Gasteiger charge is -2.45. The van der Waals surface area contributed by atoms with E-state index in [1.54, 1.807) is 30.3 Å². The molecule has 0 aromatic heterocycles. The molecule has 45 heavy (non-hydrogen) atoms. The first-order valence-corrected chi connectivity index (χ1v) is 14.4. The third kappa shape index (κ3) is 6.85. The predicted molar refractivity (Wildman–Crippen MR) is 148 cm³/mol. The van der Waals surface area contributed by atoms with Gasteiger partial charge in [0.2, 0.25) is 5.91 Å². The summed E-state index contributed by atoms with van der Waals surface area (Å²) in [6.07, 6.45) is -11.1. The zero-order chi connectivity index (χ0) is 32.6. The summed E-state index contributed by atoms with van der Waals surface area (Å²) in [7, 11) is 0. The summed E-state index contributed by atoms with van der Waals surface area (Å²) in [4.78, 5) is 27.5. The zero-order valence-corrected chi connectivity index (χ0v) is 24.1. The highest BCUT2D eigenvalue weighted by molar-refractivity contribution is 5.94. The normalized spacial score (nSPS) is 22.9. The van der Waals surface area contributed by atoms with E-state index in [9.17, 15) is 40.3 Å². The highest BCUT2D eigenvalue weighted by atomic mass is 19.4. The van der Waals surface area contributed by atoms with Crippen molar-refractivity contribution in [1.82, 2.24) is 4.90 Å². The molecule has 0 bridgehead atoms. The molecule has 4 atom stereocenters. The minimum absolute atomic E-state index is 0.0446. The van der Waals surface area contributed by atoms with Crippen LogP contribution >= 0.6 is 0 Å². The Morgan fingerprint density at radius 3 is 2.16 bits per heavy atom. The third-order valence-corrected chi connectivity index (χ3v) is 8.58. The minimum Gasteiger partial charge on any atom is -0.444 e. The maximum Gasteiger partial charge on any atom is 0.417 e. The Kier molecular flexibility index (Phi) is 8.99. The summed E-state index contributed by atoms with van der Waals surface area (Å²) < 4.78 is 108. The summed E-state index contributed by atoms with van der Waals surface area (Å²) in [5, 5.41) is 0. The second-order valence-electron chi connectivity index (χ2n) is 11.4. The van der Waals surface area contributed by atoms with E-state index in [0.29, 0.717) is 36.1 Å². The first kappa shape index (κ1) is 32.5. The monoisotopic (exact) mass is 637 g/mol. The molecule has 2 amide bonds. The summed E-state index contributed by atoms with van der Waals surface area (Å²) in [6.45, 7) is 1.21. The lowest BCUT2D eigenvalue weighted by Crippen LogP contribution is -2.56. The van der Waals surface area contributed by atoms with E-state index in [0.717, 1.165) is 4.90 Å². The number of ether oxygens (including phenoxy) is 2. The van der Waals surface area contributed by atoms with Crippen LogP contribution in [0.3, 0.4) is 0 Å². The van der Waals surface area contributed by atoms with Crippen molar-refractivity contribution in [3.8, 4) is 0 Å². The highest BCUT2D eigenvalue weighted by Crippen LogP contribution is 2.53. The van der Waals surface area contributed by atoms with Crippen molar-refractivity contribution < 1.29 is 49.8 Å². The molecule has 2 fully saturated rings. The number of nitrogens with zero attached hydrogens (tertiary/aromatic N) is 1. The molecule has 0 N–H and O–H groups in total. The van der Waals surface area contributed by atoms with Gasteiger partial charge in [0.05, 0.1) is 28.9 Å². The van der Waals surface area contributed by atoms with Gasteiger partial charge in [0.25, 0.3) is 0 Å². The van der Waals surface area contributed by atoms with E-state index in [2.05, 4.69) is 0 Å². The lowest BCUT2D eigenvalue weighted by atomic mass is 9.78. The minimum atomic E-state index is -5.06. The molecule has 0 unspecified atom stereocenters. The van der Waals surface area contributed by atoms with Crippen molar-refractivity contribution >= 4 is 12.0 Å². The molecule has 1 saturated heterocycles. The van der Waals surface area contributed by atoms with Crippen LogP contribution in [0.25, 0.3) is 0 Å². The van der Waals surface area contributed by atoms with E-state index in [4.69, 9.17) is 9.47 Å². The Morgan fingerprint density at radius 2 is 1.56 bits per heavy atom. The molecule has 0 spiro atoms. The molecule has 3 aromatic carbocycles. The molecule has 5 rings (SSSR count). The van der Waals surface area contributed by atoms with Crippen LogP contribution in [0.15, 0.2) is 72.8 Å². The SMILES string of the molecule is C[C@@H](O[C@]1([C@H]2CCC(=O)N2C(=O)OCc2ccccc2)CCC[C@@H]1c1ccc(F)cc1)c1cc(C(F)(F)F)cc(C(F)(F)F)c1. The third-order valence-electron chi connectivity index (χ3n) is 8.58. The number of hydrogen-bond acceptors (Lipinski definition) is 4. The second kappa shape index (κ2) is 12.5.